The molecule has 3 nitrogen and oxygen atoms in total. The molecule has 0 atom stereocenters. The largest absolute Gasteiger partial charge is 0.507 e. The van der Waals surface area contributed by atoms with Gasteiger partial charge in [0.1, 0.15) is 5.75 Å². The zero-order valence-corrected chi connectivity index (χ0v) is 15.0. The summed E-state index contributed by atoms with van der Waals surface area (Å²) >= 11 is 0. The van der Waals surface area contributed by atoms with Crippen LogP contribution in [0.3, 0.4) is 0 Å². The first-order valence-electron chi connectivity index (χ1n) is 9.11. The molecule has 0 saturated heterocycles. The van der Waals surface area contributed by atoms with E-state index in [1.807, 2.05) is 6.92 Å². The average Bonchev–Trinajstić information content (AvgIpc) is 2.56. The van der Waals surface area contributed by atoms with Gasteiger partial charge in [-0.3, -0.25) is 4.79 Å². The number of hydrogen-bond acceptors (Lipinski definition) is 3. The Balaban J connectivity index is 2.81. The number of carbonyl (C=O) groups is 1. The molecule has 0 heterocycles. The number of carbonyl (C=O) groups excluding carboxylic acids is 1. The molecule has 0 aromatic heterocycles. The quantitative estimate of drug-likeness (QED) is 0.586. The van der Waals surface area contributed by atoms with Crippen LogP contribution in [-0.2, 0) is 28.8 Å². The zero-order chi connectivity index (χ0) is 17.1. The third-order valence-corrected chi connectivity index (χ3v) is 4.01. The highest BCUT2D eigenvalue weighted by Gasteiger charge is 2.11. The van der Waals surface area contributed by atoms with Gasteiger partial charge < -0.3 is 9.84 Å². The normalized spacial score (nSPS) is 10.7. The van der Waals surface area contributed by atoms with Gasteiger partial charge in [-0.15, -0.1) is 0 Å². The number of hydrogen-bond donors (Lipinski definition) is 1. The number of phenolic OH excluding ortho intramolecular Hbond substituents is 1. The number of rotatable bonds is 11. The Morgan fingerprint density at radius 2 is 1.52 bits per heavy atom. The highest BCUT2D eigenvalue weighted by atomic mass is 16.5. The van der Waals surface area contributed by atoms with Gasteiger partial charge in [0, 0.05) is 6.42 Å². The van der Waals surface area contributed by atoms with Crippen molar-refractivity contribution in [2.45, 2.75) is 78.6 Å². The van der Waals surface area contributed by atoms with Gasteiger partial charge in [0.2, 0.25) is 0 Å². The van der Waals surface area contributed by atoms with E-state index in [-0.39, 0.29) is 5.97 Å². The fourth-order valence-electron chi connectivity index (χ4n) is 2.63. The van der Waals surface area contributed by atoms with Crippen molar-refractivity contribution in [2.75, 3.05) is 6.61 Å². The van der Waals surface area contributed by atoms with E-state index < -0.39 is 0 Å². The Bertz CT molecular complexity index is 451. The average molecular weight is 320 g/mol. The maximum atomic E-state index is 11.7. The number of aromatic hydroxyl groups is 1. The van der Waals surface area contributed by atoms with Gasteiger partial charge in [-0.2, -0.15) is 0 Å². The molecule has 0 saturated carbocycles. The minimum Gasteiger partial charge on any atom is -0.507 e. The van der Waals surface area contributed by atoms with Gasteiger partial charge in [-0.25, -0.2) is 0 Å². The molecule has 1 aromatic carbocycles. The topological polar surface area (TPSA) is 46.5 Å². The molecular weight excluding hydrogens is 288 g/mol. The number of phenols is 1. The molecule has 0 spiro atoms. The van der Waals surface area contributed by atoms with Crippen molar-refractivity contribution in [3.63, 3.8) is 0 Å². The molecule has 0 fully saturated rings. The Morgan fingerprint density at radius 1 is 0.957 bits per heavy atom. The van der Waals surface area contributed by atoms with Crippen molar-refractivity contribution in [3.8, 4) is 5.75 Å². The van der Waals surface area contributed by atoms with Crippen LogP contribution in [-0.4, -0.2) is 17.7 Å². The lowest BCUT2D eigenvalue weighted by Gasteiger charge is -2.13. The first kappa shape index (κ1) is 19.5. The van der Waals surface area contributed by atoms with E-state index in [9.17, 15) is 9.90 Å². The highest BCUT2D eigenvalue weighted by molar-refractivity contribution is 5.69. The van der Waals surface area contributed by atoms with Crippen molar-refractivity contribution < 1.29 is 14.6 Å². The SMILES string of the molecule is CCCCc1cc(CCC(=O)OCCC)cc(CCCC)c1O. The van der Waals surface area contributed by atoms with E-state index in [2.05, 4.69) is 26.0 Å². The van der Waals surface area contributed by atoms with Gasteiger partial charge in [-0.1, -0.05) is 45.7 Å². The van der Waals surface area contributed by atoms with Crippen molar-refractivity contribution >= 4 is 5.97 Å². The molecule has 130 valence electrons. The molecule has 0 radical (unpaired) electrons. The van der Waals surface area contributed by atoms with Crippen molar-refractivity contribution in [3.05, 3.63) is 28.8 Å². The van der Waals surface area contributed by atoms with Crippen LogP contribution >= 0.6 is 0 Å². The van der Waals surface area contributed by atoms with Gasteiger partial charge >= 0.3 is 5.97 Å². The molecule has 1 N–H and O–H groups in total. The van der Waals surface area contributed by atoms with E-state index >= 15 is 0 Å². The van der Waals surface area contributed by atoms with Crippen molar-refractivity contribution in [1.29, 1.82) is 0 Å². The molecule has 0 unspecified atom stereocenters. The number of ether oxygens (including phenoxy) is 1. The van der Waals surface area contributed by atoms with E-state index in [0.29, 0.717) is 25.2 Å². The second-order valence-corrected chi connectivity index (χ2v) is 6.19. The summed E-state index contributed by atoms with van der Waals surface area (Å²) in [6, 6.07) is 4.13. The molecule has 1 rings (SSSR count). The molecule has 1 aromatic rings. The number of unbranched alkanes of at least 4 members (excludes halogenated alkanes) is 2. The standard InChI is InChI=1S/C20H32O3/c1-4-7-9-17-14-16(11-12-19(21)23-13-6-3)15-18(20(17)22)10-8-5-2/h14-15,22H,4-13H2,1-3H3. The number of aryl methyl sites for hydroxylation is 3. The molecule has 3 heteroatoms. The monoisotopic (exact) mass is 320 g/mol. The Hall–Kier alpha value is -1.51. The fourth-order valence-corrected chi connectivity index (χ4v) is 2.63. The Labute approximate surface area is 141 Å². The Kier molecular flexibility index (Phi) is 9.42. The lowest BCUT2D eigenvalue weighted by Crippen LogP contribution is -2.07. The third-order valence-electron chi connectivity index (χ3n) is 4.01. The summed E-state index contributed by atoms with van der Waals surface area (Å²) in [7, 11) is 0. The summed E-state index contributed by atoms with van der Waals surface area (Å²) < 4.78 is 5.14. The maximum absolute atomic E-state index is 11.7. The first-order chi connectivity index (χ1) is 11.1. The van der Waals surface area contributed by atoms with Gasteiger partial charge in [0.05, 0.1) is 6.61 Å². The summed E-state index contributed by atoms with van der Waals surface area (Å²) in [5.74, 6) is 0.328. The van der Waals surface area contributed by atoms with Crippen LogP contribution < -0.4 is 0 Å². The zero-order valence-electron chi connectivity index (χ0n) is 15.0. The van der Waals surface area contributed by atoms with Crippen LogP contribution in [0.2, 0.25) is 0 Å². The summed E-state index contributed by atoms with van der Waals surface area (Å²) in [6.45, 7) is 6.80. The molecule has 0 amide bonds. The summed E-state index contributed by atoms with van der Waals surface area (Å²) in [4.78, 5) is 11.7. The molecule has 23 heavy (non-hydrogen) atoms. The Morgan fingerprint density at radius 3 is 2.00 bits per heavy atom. The third kappa shape index (κ3) is 7.06. The van der Waals surface area contributed by atoms with E-state index in [1.165, 1.54) is 0 Å². The van der Waals surface area contributed by atoms with E-state index in [0.717, 1.165) is 61.6 Å². The van der Waals surface area contributed by atoms with Crippen molar-refractivity contribution in [1.82, 2.24) is 0 Å². The van der Waals surface area contributed by atoms with Crippen LogP contribution in [0.5, 0.6) is 5.75 Å². The maximum Gasteiger partial charge on any atom is 0.306 e. The molecule has 0 aliphatic rings. The summed E-state index contributed by atoms with van der Waals surface area (Å²) in [5.41, 5.74) is 3.18. The lowest BCUT2D eigenvalue weighted by atomic mass is 9.95. The van der Waals surface area contributed by atoms with E-state index in [1.54, 1.807) is 0 Å². The second-order valence-electron chi connectivity index (χ2n) is 6.19. The van der Waals surface area contributed by atoms with Gasteiger partial charge in [-0.05, 0) is 55.2 Å². The van der Waals surface area contributed by atoms with Crippen LogP contribution in [0.25, 0.3) is 0 Å². The van der Waals surface area contributed by atoms with Crippen LogP contribution in [0.15, 0.2) is 12.1 Å². The summed E-state index contributed by atoms with van der Waals surface area (Å²) in [5, 5.41) is 10.5. The summed E-state index contributed by atoms with van der Waals surface area (Å²) in [6.07, 6.45) is 8.10. The molecule has 0 aliphatic carbocycles. The molecule has 0 aliphatic heterocycles. The van der Waals surface area contributed by atoms with Gasteiger partial charge in [0.15, 0.2) is 0 Å². The molecular formula is C20H32O3. The fraction of sp³-hybridized carbons (Fsp3) is 0.650. The van der Waals surface area contributed by atoms with E-state index in [4.69, 9.17) is 4.74 Å². The predicted molar refractivity (Wildman–Crippen MR) is 94.9 cm³/mol. The second kappa shape index (κ2) is 11.1. The van der Waals surface area contributed by atoms with Crippen LogP contribution in [0.4, 0.5) is 0 Å². The number of esters is 1. The number of benzene rings is 1. The lowest BCUT2D eigenvalue weighted by molar-refractivity contribution is -0.143. The van der Waals surface area contributed by atoms with Gasteiger partial charge in [0.25, 0.3) is 0 Å². The molecule has 0 bridgehead atoms. The first-order valence-corrected chi connectivity index (χ1v) is 9.11. The minimum absolute atomic E-state index is 0.134. The smallest absolute Gasteiger partial charge is 0.306 e. The van der Waals surface area contributed by atoms with Crippen LogP contribution in [0, 0.1) is 0 Å². The predicted octanol–water partition coefficient (Wildman–Crippen LogP) is 4.96. The minimum atomic E-state index is -0.134. The van der Waals surface area contributed by atoms with Crippen molar-refractivity contribution in [2.24, 2.45) is 0 Å². The highest BCUT2D eigenvalue weighted by Crippen LogP contribution is 2.28. The van der Waals surface area contributed by atoms with Crippen LogP contribution in [0.1, 0.15) is 76.0 Å².